The summed E-state index contributed by atoms with van der Waals surface area (Å²) >= 11 is 0. The van der Waals surface area contributed by atoms with Gasteiger partial charge in [0.15, 0.2) is 5.82 Å². The first-order valence-corrected chi connectivity index (χ1v) is 8.79. The Morgan fingerprint density at radius 3 is 2.71 bits per heavy atom. The number of aromatic nitrogens is 2. The summed E-state index contributed by atoms with van der Waals surface area (Å²) in [5.41, 5.74) is 1.31. The summed E-state index contributed by atoms with van der Waals surface area (Å²) in [5, 5.41) is 9.24. The molecular weight excluding hydrogens is 368 g/mol. The predicted octanol–water partition coefficient (Wildman–Crippen LogP) is 3.50. The van der Waals surface area contributed by atoms with Crippen molar-refractivity contribution < 1.29 is 23.4 Å². The molecule has 1 N–H and O–H groups in total. The summed E-state index contributed by atoms with van der Waals surface area (Å²) in [4.78, 5) is 22.4. The Morgan fingerprint density at radius 1 is 1.18 bits per heavy atom. The van der Waals surface area contributed by atoms with Gasteiger partial charge >= 0.3 is 5.97 Å². The smallest absolute Gasteiger partial charge is 0.335 e. The molecule has 28 heavy (non-hydrogen) atoms. The lowest BCUT2D eigenvalue weighted by atomic mass is 10.1. The van der Waals surface area contributed by atoms with E-state index in [4.69, 9.17) is 4.74 Å². The second-order valence-electron chi connectivity index (χ2n) is 6.65. The standard InChI is InChI=1S/C20H17F2N3O3/c1-11-10-28-7-6-25(11)19-18(14-4-3-13(21)9-15(14)22)23-16-5-2-12(20(26)27)8-17(16)24-19/h2-5,8-9,11H,6-7,10H2,1H3,(H,26,27)/t11-/m0/s1. The van der Waals surface area contributed by atoms with Crippen LogP contribution in [0.3, 0.4) is 0 Å². The van der Waals surface area contributed by atoms with Crippen LogP contribution in [-0.4, -0.2) is 46.8 Å². The van der Waals surface area contributed by atoms with Crippen LogP contribution in [-0.2, 0) is 4.74 Å². The number of benzene rings is 2. The summed E-state index contributed by atoms with van der Waals surface area (Å²) in [5.74, 6) is -2.07. The van der Waals surface area contributed by atoms with Gasteiger partial charge in [-0.25, -0.2) is 23.5 Å². The van der Waals surface area contributed by atoms with E-state index in [-0.39, 0.29) is 22.9 Å². The van der Waals surface area contributed by atoms with Crippen molar-refractivity contribution in [3.63, 3.8) is 0 Å². The van der Waals surface area contributed by atoms with Crippen LogP contribution in [0.25, 0.3) is 22.3 Å². The molecule has 1 aromatic heterocycles. The van der Waals surface area contributed by atoms with Crippen LogP contribution in [0.4, 0.5) is 14.6 Å². The lowest BCUT2D eigenvalue weighted by Gasteiger charge is -2.35. The summed E-state index contributed by atoms with van der Waals surface area (Å²) in [6.45, 7) is 3.42. The number of ether oxygens (including phenoxy) is 1. The Bertz CT molecular complexity index is 1070. The molecule has 2 aromatic carbocycles. The van der Waals surface area contributed by atoms with E-state index in [0.717, 1.165) is 6.07 Å². The molecule has 8 heteroatoms. The third-order valence-corrected chi connectivity index (χ3v) is 4.72. The largest absolute Gasteiger partial charge is 0.478 e. The highest BCUT2D eigenvalue weighted by molar-refractivity contribution is 5.93. The number of halogens is 2. The van der Waals surface area contributed by atoms with Gasteiger partial charge in [-0.15, -0.1) is 0 Å². The van der Waals surface area contributed by atoms with Gasteiger partial charge in [0.05, 0.1) is 35.9 Å². The normalized spacial score (nSPS) is 17.1. The monoisotopic (exact) mass is 385 g/mol. The van der Waals surface area contributed by atoms with E-state index >= 15 is 0 Å². The number of aromatic carboxylic acids is 1. The number of rotatable bonds is 3. The van der Waals surface area contributed by atoms with Gasteiger partial charge in [-0.05, 0) is 37.3 Å². The average molecular weight is 385 g/mol. The SMILES string of the molecule is C[C@H]1COCCN1c1nc2cc(C(=O)O)ccc2nc1-c1ccc(F)cc1F. The third kappa shape index (κ3) is 3.27. The summed E-state index contributed by atoms with van der Waals surface area (Å²) < 4.78 is 33.4. The molecule has 1 aliphatic heterocycles. The lowest BCUT2D eigenvalue weighted by Crippen LogP contribution is -2.44. The second kappa shape index (κ2) is 7.12. The molecule has 0 spiro atoms. The lowest BCUT2D eigenvalue weighted by molar-refractivity contribution is 0.0697. The third-order valence-electron chi connectivity index (χ3n) is 4.72. The molecule has 4 rings (SSSR count). The molecule has 0 aliphatic carbocycles. The Kier molecular flexibility index (Phi) is 4.64. The Hall–Kier alpha value is -3.13. The molecule has 1 fully saturated rings. The van der Waals surface area contributed by atoms with E-state index < -0.39 is 17.6 Å². The highest BCUT2D eigenvalue weighted by Gasteiger charge is 2.26. The maximum absolute atomic E-state index is 14.5. The van der Waals surface area contributed by atoms with E-state index in [9.17, 15) is 18.7 Å². The highest BCUT2D eigenvalue weighted by Crippen LogP contribution is 2.33. The zero-order valence-corrected chi connectivity index (χ0v) is 15.0. The zero-order chi connectivity index (χ0) is 19.8. The summed E-state index contributed by atoms with van der Waals surface area (Å²) in [6, 6.07) is 7.66. The molecule has 2 heterocycles. The van der Waals surface area contributed by atoms with Crippen LogP contribution in [0.5, 0.6) is 0 Å². The van der Waals surface area contributed by atoms with Crippen LogP contribution in [0, 0.1) is 11.6 Å². The van der Waals surface area contributed by atoms with Gasteiger partial charge in [0.1, 0.15) is 17.3 Å². The molecule has 0 radical (unpaired) electrons. The van der Waals surface area contributed by atoms with E-state index in [1.54, 1.807) is 0 Å². The fourth-order valence-corrected chi connectivity index (χ4v) is 3.28. The van der Waals surface area contributed by atoms with Gasteiger partial charge in [-0.2, -0.15) is 0 Å². The van der Waals surface area contributed by atoms with Crippen molar-refractivity contribution >= 4 is 22.8 Å². The van der Waals surface area contributed by atoms with Gasteiger partial charge in [0.2, 0.25) is 0 Å². The summed E-state index contributed by atoms with van der Waals surface area (Å²) in [6.07, 6.45) is 0. The van der Waals surface area contributed by atoms with E-state index in [2.05, 4.69) is 9.97 Å². The number of nitrogens with zero attached hydrogens (tertiary/aromatic N) is 3. The molecule has 3 aromatic rings. The minimum absolute atomic E-state index is 0.0367. The molecular formula is C20H17F2N3O3. The number of anilines is 1. The molecule has 0 bridgehead atoms. The summed E-state index contributed by atoms with van der Waals surface area (Å²) in [7, 11) is 0. The minimum atomic E-state index is -1.07. The van der Waals surface area contributed by atoms with Crippen molar-refractivity contribution in [2.45, 2.75) is 13.0 Å². The Labute approximate surface area is 159 Å². The topological polar surface area (TPSA) is 75.5 Å². The van der Waals surface area contributed by atoms with E-state index in [1.165, 1.54) is 30.3 Å². The first-order chi connectivity index (χ1) is 13.4. The van der Waals surface area contributed by atoms with Crippen molar-refractivity contribution in [3.8, 4) is 11.3 Å². The van der Waals surface area contributed by atoms with Crippen molar-refractivity contribution in [2.75, 3.05) is 24.7 Å². The molecule has 1 saturated heterocycles. The first-order valence-electron chi connectivity index (χ1n) is 8.79. The highest BCUT2D eigenvalue weighted by atomic mass is 19.1. The first kappa shape index (κ1) is 18.2. The fraction of sp³-hybridized carbons (Fsp3) is 0.250. The molecule has 0 amide bonds. The molecule has 1 atom stereocenters. The number of hydrogen-bond donors (Lipinski definition) is 1. The van der Waals surface area contributed by atoms with Crippen LogP contribution in [0.15, 0.2) is 36.4 Å². The van der Waals surface area contributed by atoms with Crippen molar-refractivity contribution in [3.05, 3.63) is 53.6 Å². The maximum atomic E-state index is 14.5. The van der Waals surface area contributed by atoms with Crippen molar-refractivity contribution in [1.29, 1.82) is 0 Å². The molecule has 144 valence electrons. The van der Waals surface area contributed by atoms with Gasteiger partial charge in [-0.1, -0.05) is 0 Å². The van der Waals surface area contributed by atoms with Crippen molar-refractivity contribution in [1.82, 2.24) is 9.97 Å². The second-order valence-corrected chi connectivity index (χ2v) is 6.65. The molecule has 6 nitrogen and oxygen atoms in total. The van der Waals surface area contributed by atoms with Crippen molar-refractivity contribution in [2.24, 2.45) is 0 Å². The average Bonchev–Trinajstić information content (AvgIpc) is 2.67. The van der Waals surface area contributed by atoms with Gasteiger partial charge in [0, 0.05) is 18.2 Å². The minimum Gasteiger partial charge on any atom is -0.478 e. The van der Waals surface area contributed by atoms with Crippen LogP contribution >= 0.6 is 0 Å². The molecule has 0 saturated carbocycles. The van der Waals surface area contributed by atoms with Gasteiger partial charge in [-0.3, -0.25) is 0 Å². The molecule has 1 aliphatic rings. The van der Waals surface area contributed by atoms with Crippen LogP contribution < -0.4 is 4.90 Å². The van der Waals surface area contributed by atoms with E-state index in [1.807, 2.05) is 11.8 Å². The van der Waals surface area contributed by atoms with E-state index in [0.29, 0.717) is 36.6 Å². The Balaban J connectivity index is 1.96. The number of fused-ring (bicyclic) bond motifs is 1. The number of carbonyl (C=O) groups is 1. The quantitative estimate of drug-likeness (QED) is 0.744. The number of morpholine rings is 1. The number of hydrogen-bond acceptors (Lipinski definition) is 5. The number of carboxylic acids is 1. The molecule has 0 unspecified atom stereocenters. The van der Waals surface area contributed by atoms with Gasteiger partial charge in [0.25, 0.3) is 0 Å². The maximum Gasteiger partial charge on any atom is 0.335 e. The zero-order valence-electron chi connectivity index (χ0n) is 15.0. The fourth-order valence-electron chi connectivity index (χ4n) is 3.28. The van der Waals surface area contributed by atoms with Crippen LogP contribution in [0.1, 0.15) is 17.3 Å². The predicted molar refractivity (Wildman–Crippen MR) is 99.5 cm³/mol. The Morgan fingerprint density at radius 2 is 2.00 bits per heavy atom. The number of carboxylic acid groups (broad SMARTS) is 1. The van der Waals surface area contributed by atoms with Crippen LogP contribution in [0.2, 0.25) is 0 Å². The van der Waals surface area contributed by atoms with Gasteiger partial charge < -0.3 is 14.7 Å².